The number of halogens is 1. The van der Waals surface area contributed by atoms with Crippen LogP contribution in [0.25, 0.3) is 0 Å². The number of nitrogens with one attached hydrogen (secondary N) is 1. The number of rotatable bonds is 3. The van der Waals surface area contributed by atoms with Crippen LogP contribution in [0.5, 0.6) is 0 Å². The lowest BCUT2D eigenvalue weighted by Crippen LogP contribution is -2.43. The summed E-state index contributed by atoms with van der Waals surface area (Å²) in [6.07, 6.45) is 3.87. The van der Waals surface area contributed by atoms with Gasteiger partial charge in [0, 0.05) is 12.1 Å². The Hall–Kier alpha value is -0.930. The van der Waals surface area contributed by atoms with E-state index >= 15 is 0 Å². The van der Waals surface area contributed by atoms with Gasteiger partial charge in [0.2, 0.25) is 0 Å². The first-order chi connectivity index (χ1) is 8.16. The Morgan fingerprint density at radius 2 is 2.12 bits per heavy atom. The molecule has 0 saturated heterocycles. The molecular weight excluding hydrogens is 217 g/mol. The van der Waals surface area contributed by atoms with E-state index in [0.29, 0.717) is 0 Å². The highest BCUT2D eigenvalue weighted by Crippen LogP contribution is 2.22. The van der Waals surface area contributed by atoms with Gasteiger partial charge in [-0.2, -0.15) is 0 Å². The molecule has 94 valence electrons. The zero-order chi connectivity index (χ0) is 12.3. The minimum absolute atomic E-state index is 0.0726. The summed E-state index contributed by atoms with van der Waals surface area (Å²) in [5, 5.41) is 13.3. The van der Waals surface area contributed by atoms with Gasteiger partial charge in [0.1, 0.15) is 5.82 Å². The normalized spacial score (nSPS) is 26.8. The molecule has 0 amide bonds. The Balaban J connectivity index is 1.98. The predicted octanol–water partition coefficient (Wildman–Crippen LogP) is 2.78. The van der Waals surface area contributed by atoms with E-state index < -0.39 is 0 Å². The summed E-state index contributed by atoms with van der Waals surface area (Å²) in [5.41, 5.74) is 0.933. The molecule has 2 rings (SSSR count). The van der Waals surface area contributed by atoms with Crippen molar-refractivity contribution < 1.29 is 9.50 Å². The van der Waals surface area contributed by atoms with Gasteiger partial charge in [-0.25, -0.2) is 4.39 Å². The zero-order valence-electron chi connectivity index (χ0n) is 10.2. The van der Waals surface area contributed by atoms with Gasteiger partial charge in [0.05, 0.1) is 6.10 Å². The predicted molar refractivity (Wildman–Crippen MR) is 66.2 cm³/mol. The third-order valence-electron chi connectivity index (χ3n) is 3.54. The van der Waals surface area contributed by atoms with Gasteiger partial charge in [-0.3, -0.25) is 0 Å². The van der Waals surface area contributed by atoms with Crippen LogP contribution in [0.15, 0.2) is 24.3 Å². The van der Waals surface area contributed by atoms with Crippen LogP contribution >= 0.6 is 0 Å². The molecule has 0 aliphatic heterocycles. The maximum absolute atomic E-state index is 13.1. The SMILES string of the molecule is CC(NC1CCCCC1O)c1cccc(F)c1. The lowest BCUT2D eigenvalue weighted by Gasteiger charge is -2.31. The van der Waals surface area contributed by atoms with E-state index in [2.05, 4.69) is 5.32 Å². The van der Waals surface area contributed by atoms with Gasteiger partial charge in [0.15, 0.2) is 0 Å². The standard InChI is InChI=1S/C14H20FNO/c1-10(11-5-4-6-12(15)9-11)16-13-7-2-3-8-14(13)17/h4-6,9-10,13-14,16-17H,2-3,7-8H2,1H3. The Kier molecular flexibility index (Phi) is 4.13. The second-order valence-corrected chi connectivity index (χ2v) is 4.90. The first kappa shape index (κ1) is 12.5. The van der Waals surface area contributed by atoms with Crippen molar-refractivity contribution in [2.24, 2.45) is 0 Å². The van der Waals surface area contributed by atoms with Crippen LogP contribution in [-0.4, -0.2) is 17.3 Å². The lowest BCUT2D eigenvalue weighted by atomic mass is 9.91. The fraction of sp³-hybridized carbons (Fsp3) is 0.571. The molecule has 1 aromatic carbocycles. The highest BCUT2D eigenvalue weighted by molar-refractivity contribution is 5.19. The molecule has 0 radical (unpaired) electrons. The molecule has 0 heterocycles. The van der Waals surface area contributed by atoms with Crippen molar-refractivity contribution in [3.8, 4) is 0 Å². The van der Waals surface area contributed by atoms with Crippen LogP contribution < -0.4 is 5.32 Å². The van der Waals surface area contributed by atoms with Crippen LogP contribution in [0.2, 0.25) is 0 Å². The number of aliphatic hydroxyl groups is 1. The molecule has 2 nitrogen and oxygen atoms in total. The third kappa shape index (κ3) is 3.27. The molecule has 0 aromatic heterocycles. The maximum atomic E-state index is 13.1. The summed E-state index contributed by atoms with van der Waals surface area (Å²) in [7, 11) is 0. The highest BCUT2D eigenvalue weighted by Gasteiger charge is 2.24. The van der Waals surface area contributed by atoms with Crippen molar-refractivity contribution in [1.29, 1.82) is 0 Å². The van der Waals surface area contributed by atoms with Gasteiger partial charge in [-0.1, -0.05) is 25.0 Å². The summed E-state index contributed by atoms with van der Waals surface area (Å²) in [6, 6.07) is 6.85. The average molecular weight is 237 g/mol. The van der Waals surface area contributed by atoms with Crippen molar-refractivity contribution in [2.75, 3.05) is 0 Å². The van der Waals surface area contributed by atoms with Gasteiger partial charge < -0.3 is 10.4 Å². The molecule has 3 unspecified atom stereocenters. The molecule has 17 heavy (non-hydrogen) atoms. The van der Waals surface area contributed by atoms with E-state index in [1.54, 1.807) is 12.1 Å². The molecule has 1 aliphatic rings. The number of aliphatic hydroxyl groups excluding tert-OH is 1. The van der Waals surface area contributed by atoms with Gasteiger partial charge in [-0.15, -0.1) is 0 Å². The zero-order valence-corrected chi connectivity index (χ0v) is 10.2. The Morgan fingerprint density at radius 1 is 1.35 bits per heavy atom. The number of hydrogen-bond acceptors (Lipinski definition) is 2. The molecule has 0 spiro atoms. The van der Waals surface area contributed by atoms with E-state index in [-0.39, 0.29) is 24.0 Å². The van der Waals surface area contributed by atoms with E-state index in [1.165, 1.54) is 6.07 Å². The van der Waals surface area contributed by atoms with E-state index in [9.17, 15) is 9.50 Å². The van der Waals surface area contributed by atoms with E-state index in [1.807, 2.05) is 13.0 Å². The highest BCUT2D eigenvalue weighted by atomic mass is 19.1. The second kappa shape index (κ2) is 5.61. The fourth-order valence-corrected chi connectivity index (χ4v) is 2.50. The summed E-state index contributed by atoms with van der Waals surface area (Å²) in [4.78, 5) is 0. The largest absolute Gasteiger partial charge is 0.392 e. The van der Waals surface area contributed by atoms with Crippen molar-refractivity contribution in [3.05, 3.63) is 35.6 Å². The summed E-state index contributed by atoms with van der Waals surface area (Å²) in [6.45, 7) is 2.01. The smallest absolute Gasteiger partial charge is 0.123 e. The van der Waals surface area contributed by atoms with Gasteiger partial charge in [-0.05, 0) is 37.5 Å². The topological polar surface area (TPSA) is 32.3 Å². The summed E-state index contributed by atoms with van der Waals surface area (Å²) >= 11 is 0. The minimum Gasteiger partial charge on any atom is -0.392 e. The lowest BCUT2D eigenvalue weighted by molar-refractivity contribution is 0.0859. The van der Waals surface area contributed by atoms with Gasteiger partial charge >= 0.3 is 0 Å². The molecule has 1 saturated carbocycles. The van der Waals surface area contributed by atoms with Crippen LogP contribution in [0.1, 0.15) is 44.2 Å². The monoisotopic (exact) mass is 237 g/mol. The molecule has 2 N–H and O–H groups in total. The minimum atomic E-state index is -0.264. The molecule has 1 fully saturated rings. The summed E-state index contributed by atoms with van der Waals surface area (Å²) in [5.74, 6) is -0.208. The maximum Gasteiger partial charge on any atom is 0.123 e. The van der Waals surface area contributed by atoms with Crippen LogP contribution in [0.3, 0.4) is 0 Å². The Bertz CT molecular complexity index is 369. The first-order valence-corrected chi connectivity index (χ1v) is 6.36. The molecule has 0 bridgehead atoms. The second-order valence-electron chi connectivity index (χ2n) is 4.90. The number of benzene rings is 1. The average Bonchev–Trinajstić information content (AvgIpc) is 2.32. The Morgan fingerprint density at radius 3 is 2.82 bits per heavy atom. The Labute approximate surface area is 102 Å². The van der Waals surface area contributed by atoms with E-state index in [4.69, 9.17) is 0 Å². The fourth-order valence-electron chi connectivity index (χ4n) is 2.50. The first-order valence-electron chi connectivity index (χ1n) is 6.36. The van der Waals surface area contributed by atoms with E-state index in [0.717, 1.165) is 31.2 Å². The molecular formula is C14H20FNO. The van der Waals surface area contributed by atoms with Crippen LogP contribution in [0.4, 0.5) is 4.39 Å². The number of hydrogen-bond donors (Lipinski definition) is 2. The van der Waals surface area contributed by atoms with Crippen molar-refractivity contribution >= 4 is 0 Å². The van der Waals surface area contributed by atoms with Crippen molar-refractivity contribution in [3.63, 3.8) is 0 Å². The molecule has 3 atom stereocenters. The van der Waals surface area contributed by atoms with Crippen LogP contribution in [0, 0.1) is 5.82 Å². The quantitative estimate of drug-likeness (QED) is 0.847. The van der Waals surface area contributed by atoms with Gasteiger partial charge in [0.25, 0.3) is 0 Å². The third-order valence-corrected chi connectivity index (χ3v) is 3.54. The molecule has 1 aliphatic carbocycles. The van der Waals surface area contributed by atoms with Crippen molar-refractivity contribution in [2.45, 2.75) is 50.8 Å². The molecule has 1 aromatic rings. The molecule has 3 heteroatoms. The van der Waals surface area contributed by atoms with Crippen molar-refractivity contribution in [1.82, 2.24) is 5.32 Å². The summed E-state index contributed by atoms with van der Waals surface area (Å²) < 4.78 is 13.1. The van der Waals surface area contributed by atoms with Crippen LogP contribution in [-0.2, 0) is 0 Å².